The van der Waals surface area contributed by atoms with E-state index < -0.39 is 0 Å². The zero-order valence-electron chi connectivity index (χ0n) is 12.7. The lowest BCUT2D eigenvalue weighted by Gasteiger charge is -2.06. The van der Waals surface area contributed by atoms with E-state index in [9.17, 15) is 4.79 Å². The number of rotatable bonds is 4. The van der Waals surface area contributed by atoms with Gasteiger partial charge in [-0.15, -0.1) is 0 Å². The van der Waals surface area contributed by atoms with E-state index in [0.717, 1.165) is 17.8 Å². The SMILES string of the molecule is Cc1cc2nc(C(=O)NCCc3ccccc3)cc(C)n2n1. The Bertz CT molecular complexity index is 808. The number of amides is 1. The number of aryl methyl sites for hydroxylation is 2. The molecule has 5 nitrogen and oxygen atoms in total. The molecule has 22 heavy (non-hydrogen) atoms. The largest absolute Gasteiger partial charge is 0.350 e. The molecule has 0 bridgehead atoms. The van der Waals surface area contributed by atoms with Crippen molar-refractivity contribution in [2.75, 3.05) is 6.54 Å². The first-order valence-corrected chi connectivity index (χ1v) is 7.29. The van der Waals surface area contributed by atoms with Crippen LogP contribution in [0.3, 0.4) is 0 Å². The molecule has 112 valence electrons. The molecule has 0 aliphatic rings. The van der Waals surface area contributed by atoms with Crippen LogP contribution in [0.2, 0.25) is 0 Å². The Morgan fingerprint density at radius 2 is 1.95 bits per heavy atom. The van der Waals surface area contributed by atoms with Gasteiger partial charge in [-0.05, 0) is 31.9 Å². The van der Waals surface area contributed by atoms with Crippen molar-refractivity contribution in [3.05, 3.63) is 65.1 Å². The maximum atomic E-state index is 12.2. The van der Waals surface area contributed by atoms with Crippen molar-refractivity contribution in [1.29, 1.82) is 0 Å². The molecule has 0 unspecified atom stereocenters. The zero-order valence-corrected chi connectivity index (χ0v) is 12.7. The number of aromatic nitrogens is 3. The molecule has 0 aliphatic heterocycles. The Balaban J connectivity index is 1.69. The van der Waals surface area contributed by atoms with Crippen LogP contribution in [0.1, 0.15) is 27.4 Å². The fourth-order valence-electron chi connectivity index (χ4n) is 2.41. The zero-order chi connectivity index (χ0) is 15.5. The quantitative estimate of drug-likeness (QED) is 0.803. The molecule has 0 spiro atoms. The monoisotopic (exact) mass is 294 g/mol. The molecule has 0 fully saturated rings. The lowest BCUT2D eigenvalue weighted by atomic mass is 10.1. The van der Waals surface area contributed by atoms with Gasteiger partial charge in [0.05, 0.1) is 5.69 Å². The first-order valence-electron chi connectivity index (χ1n) is 7.29. The van der Waals surface area contributed by atoms with Gasteiger partial charge in [-0.1, -0.05) is 30.3 Å². The Morgan fingerprint density at radius 3 is 2.73 bits per heavy atom. The molecule has 1 aromatic carbocycles. The van der Waals surface area contributed by atoms with E-state index in [1.165, 1.54) is 5.56 Å². The summed E-state index contributed by atoms with van der Waals surface area (Å²) in [6.07, 6.45) is 0.805. The lowest BCUT2D eigenvalue weighted by molar-refractivity contribution is 0.0949. The number of nitrogens with one attached hydrogen (secondary N) is 1. The minimum absolute atomic E-state index is 0.152. The first kappa shape index (κ1) is 14.3. The predicted octanol–water partition coefficient (Wildman–Crippen LogP) is 2.32. The summed E-state index contributed by atoms with van der Waals surface area (Å²) in [7, 11) is 0. The predicted molar refractivity (Wildman–Crippen MR) is 84.9 cm³/mol. The Morgan fingerprint density at radius 1 is 1.18 bits per heavy atom. The van der Waals surface area contributed by atoms with Crippen molar-refractivity contribution >= 4 is 11.6 Å². The van der Waals surface area contributed by atoms with Crippen LogP contribution in [-0.2, 0) is 6.42 Å². The second kappa shape index (κ2) is 5.97. The third-order valence-corrected chi connectivity index (χ3v) is 3.50. The topological polar surface area (TPSA) is 59.3 Å². The molecular weight excluding hydrogens is 276 g/mol. The highest BCUT2D eigenvalue weighted by atomic mass is 16.1. The maximum absolute atomic E-state index is 12.2. The number of carbonyl (C=O) groups is 1. The van der Waals surface area contributed by atoms with Crippen LogP contribution >= 0.6 is 0 Å². The van der Waals surface area contributed by atoms with Crippen LogP contribution in [0.25, 0.3) is 5.65 Å². The number of fused-ring (bicyclic) bond motifs is 1. The second-order valence-corrected chi connectivity index (χ2v) is 5.33. The highest BCUT2D eigenvalue weighted by molar-refractivity contribution is 5.92. The van der Waals surface area contributed by atoms with Gasteiger partial charge in [-0.2, -0.15) is 5.10 Å². The van der Waals surface area contributed by atoms with Crippen LogP contribution in [0.15, 0.2) is 42.5 Å². The molecule has 2 heterocycles. The molecule has 0 atom stereocenters. The molecule has 0 saturated heterocycles. The van der Waals surface area contributed by atoms with Gasteiger partial charge < -0.3 is 5.32 Å². The minimum Gasteiger partial charge on any atom is -0.350 e. The highest BCUT2D eigenvalue weighted by Gasteiger charge is 2.11. The molecule has 3 aromatic rings. The summed E-state index contributed by atoms with van der Waals surface area (Å²) in [5.41, 5.74) is 4.11. The Labute approximate surface area is 129 Å². The van der Waals surface area contributed by atoms with Crippen LogP contribution < -0.4 is 5.32 Å². The van der Waals surface area contributed by atoms with Crippen molar-refractivity contribution in [3.63, 3.8) is 0 Å². The van der Waals surface area contributed by atoms with E-state index in [2.05, 4.69) is 27.5 Å². The molecular formula is C17H18N4O. The van der Waals surface area contributed by atoms with Crippen LogP contribution in [-0.4, -0.2) is 27.0 Å². The lowest BCUT2D eigenvalue weighted by Crippen LogP contribution is -2.27. The van der Waals surface area contributed by atoms with E-state index in [1.807, 2.05) is 38.1 Å². The van der Waals surface area contributed by atoms with Gasteiger partial charge in [0.2, 0.25) is 0 Å². The third-order valence-electron chi connectivity index (χ3n) is 3.50. The summed E-state index contributed by atoms with van der Waals surface area (Å²) in [6.45, 7) is 4.42. The fourth-order valence-corrected chi connectivity index (χ4v) is 2.41. The molecule has 3 rings (SSSR count). The molecule has 0 radical (unpaired) electrons. The van der Waals surface area contributed by atoms with Crippen molar-refractivity contribution < 1.29 is 4.79 Å². The third kappa shape index (κ3) is 2.98. The summed E-state index contributed by atoms with van der Waals surface area (Å²) in [5.74, 6) is -0.152. The van der Waals surface area contributed by atoms with E-state index in [1.54, 1.807) is 10.6 Å². The summed E-state index contributed by atoms with van der Waals surface area (Å²) in [6, 6.07) is 13.7. The van der Waals surface area contributed by atoms with E-state index in [4.69, 9.17) is 0 Å². The first-order chi connectivity index (χ1) is 10.6. The molecule has 0 saturated carbocycles. The van der Waals surface area contributed by atoms with E-state index in [-0.39, 0.29) is 5.91 Å². The van der Waals surface area contributed by atoms with Crippen LogP contribution in [0.5, 0.6) is 0 Å². The number of carbonyl (C=O) groups excluding carboxylic acids is 1. The number of hydrogen-bond donors (Lipinski definition) is 1. The number of benzene rings is 1. The van der Waals surface area contributed by atoms with Gasteiger partial charge in [0.25, 0.3) is 5.91 Å². The van der Waals surface area contributed by atoms with Gasteiger partial charge in [0.15, 0.2) is 5.65 Å². The Hall–Kier alpha value is -2.69. The molecule has 2 aromatic heterocycles. The van der Waals surface area contributed by atoms with Crippen molar-refractivity contribution in [2.45, 2.75) is 20.3 Å². The van der Waals surface area contributed by atoms with Crippen molar-refractivity contribution in [3.8, 4) is 0 Å². The molecule has 5 heteroatoms. The molecule has 1 amide bonds. The van der Waals surface area contributed by atoms with Gasteiger partial charge >= 0.3 is 0 Å². The maximum Gasteiger partial charge on any atom is 0.270 e. The number of hydrogen-bond acceptors (Lipinski definition) is 3. The summed E-state index contributed by atoms with van der Waals surface area (Å²) in [5, 5.41) is 7.25. The smallest absolute Gasteiger partial charge is 0.270 e. The van der Waals surface area contributed by atoms with Gasteiger partial charge in [0.1, 0.15) is 5.69 Å². The standard InChI is InChI=1S/C17H18N4O/c1-12-10-16-19-15(11-13(2)21(16)20-12)17(22)18-9-8-14-6-4-3-5-7-14/h3-7,10-11H,8-9H2,1-2H3,(H,18,22). The van der Waals surface area contributed by atoms with Crippen LogP contribution in [0.4, 0.5) is 0 Å². The van der Waals surface area contributed by atoms with Crippen LogP contribution in [0, 0.1) is 13.8 Å². The van der Waals surface area contributed by atoms with E-state index in [0.29, 0.717) is 17.9 Å². The summed E-state index contributed by atoms with van der Waals surface area (Å²) < 4.78 is 1.75. The van der Waals surface area contributed by atoms with Gasteiger partial charge in [0, 0.05) is 18.3 Å². The van der Waals surface area contributed by atoms with E-state index >= 15 is 0 Å². The average molecular weight is 294 g/mol. The van der Waals surface area contributed by atoms with Crippen molar-refractivity contribution in [2.24, 2.45) is 0 Å². The minimum atomic E-state index is -0.152. The van der Waals surface area contributed by atoms with Crippen molar-refractivity contribution in [1.82, 2.24) is 19.9 Å². The second-order valence-electron chi connectivity index (χ2n) is 5.33. The highest BCUT2D eigenvalue weighted by Crippen LogP contribution is 2.09. The summed E-state index contributed by atoms with van der Waals surface area (Å²) >= 11 is 0. The van der Waals surface area contributed by atoms with Gasteiger partial charge in [-0.25, -0.2) is 9.50 Å². The summed E-state index contributed by atoms with van der Waals surface area (Å²) in [4.78, 5) is 16.6. The average Bonchev–Trinajstić information content (AvgIpc) is 2.89. The Kier molecular flexibility index (Phi) is 3.87. The normalized spacial score (nSPS) is 10.8. The fraction of sp³-hybridized carbons (Fsp3) is 0.235. The van der Waals surface area contributed by atoms with Gasteiger partial charge in [-0.3, -0.25) is 4.79 Å². The number of nitrogens with zero attached hydrogens (tertiary/aromatic N) is 3. The molecule has 1 N–H and O–H groups in total. The molecule has 0 aliphatic carbocycles.